The van der Waals surface area contributed by atoms with Crippen LogP contribution in [-0.4, -0.2) is 29.9 Å². The van der Waals surface area contributed by atoms with Gasteiger partial charge in [-0.2, -0.15) is 0 Å². The summed E-state index contributed by atoms with van der Waals surface area (Å²) in [6.07, 6.45) is 6.76. The average molecular weight is 149 g/mol. The Balaban J connectivity index is 2.59. The molecule has 1 heterocycles. The molecule has 0 saturated carbocycles. The number of pyridine rings is 1. The fraction of sp³-hybridized carbons (Fsp3) is 0.333. The topological polar surface area (TPSA) is 15.9 Å². The summed E-state index contributed by atoms with van der Waals surface area (Å²) in [4.78, 5) is 4.02. The summed E-state index contributed by atoms with van der Waals surface area (Å²) in [7, 11) is 4.05. The third-order valence-corrected chi connectivity index (χ3v) is 1.41. The SMILES string of the molecule is C[N+](C)=CCc1cccnc1. The van der Waals surface area contributed by atoms with Crippen LogP contribution in [0.3, 0.4) is 0 Å². The molecule has 0 aliphatic rings. The van der Waals surface area contributed by atoms with Gasteiger partial charge in [0, 0.05) is 12.4 Å². The van der Waals surface area contributed by atoms with Crippen LogP contribution in [0.1, 0.15) is 5.56 Å². The number of aromatic nitrogens is 1. The minimum atomic E-state index is 0.959. The highest BCUT2D eigenvalue weighted by Crippen LogP contribution is 1.93. The van der Waals surface area contributed by atoms with E-state index in [2.05, 4.69) is 17.3 Å². The Morgan fingerprint density at radius 3 is 2.91 bits per heavy atom. The summed E-state index contributed by atoms with van der Waals surface area (Å²) in [5.41, 5.74) is 1.25. The Hall–Kier alpha value is -1.18. The fourth-order valence-electron chi connectivity index (χ4n) is 0.807. The molecule has 0 atom stereocenters. The van der Waals surface area contributed by atoms with Gasteiger partial charge in [0.15, 0.2) is 0 Å². The van der Waals surface area contributed by atoms with Gasteiger partial charge >= 0.3 is 0 Å². The van der Waals surface area contributed by atoms with Crippen molar-refractivity contribution in [2.24, 2.45) is 0 Å². The van der Waals surface area contributed by atoms with Gasteiger partial charge < -0.3 is 0 Å². The summed E-state index contributed by atoms with van der Waals surface area (Å²) in [5, 5.41) is 0. The lowest BCUT2D eigenvalue weighted by molar-refractivity contribution is -0.460. The van der Waals surface area contributed by atoms with E-state index < -0.39 is 0 Å². The lowest BCUT2D eigenvalue weighted by Crippen LogP contribution is -2.01. The van der Waals surface area contributed by atoms with Crippen LogP contribution >= 0.6 is 0 Å². The van der Waals surface area contributed by atoms with Crippen molar-refractivity contribution < 1.29 is 4.58 Å². The first-order valence-corrected chi connectivity index (χ1v) is 3.67. The van der Waals surface area contributed by atoms with E-state index in [1.54, 1.807) is 6.20 Å². The van der Waals surface area contributed by atoms with Crippen LogP contribution in [0.25, 0.3) is 0 Å². The molecule has 11 heavy (non-hydrogen) atoms. The van der Waals surface area contributed by atoms with Crippen LogP contribution in [0.4, 0.5) is 0 Å². The molecule has 0 bridgehead atoms. The van der Waals surface area contributed by atoms with E-state index in [1.165, 1.54) is 5.56 Å². The average Bonchev–Trinajstić information content (AvgIpc) is 2.03. The minimum Gasteiger partial charge on any atom is -0.264 e. The molecule has 0 spiro atoms. The summed E-state index contributed by atoms with van der Waals surface area (Å²) >= 11 is 0. The largest absolute Gasteiger partial charge is 0.264 e. The van der Waals surface area contributed by atoms with Crippen LogP contribution in [0.15, 0.2) is 24.5 Å². The van der Waals surface area contributed by atoms with Crippen molar-refractivity contribution in [3.05, 3.63) is 30.1 Å². The molecule has 0 aromatic carbocycles. The maximum absolute atomic E-state index is 4.02. The second-order valence-corrected chi connectivity index (χ2v) is 2.71. The van der Waals surface area contributed by atoms with Crippen molar-refractivity contribution in [1.29, 1.82) is 0 Å². The third kappa shape index (κ3) is 2.94. The van der Waals surface area contributed by atoms with E-state index in [-0.39, 0.29) is 0 Å². The van der Waals surface area contributed by atoms with Gasteiger partial charge in [0.1, 0.15) is 20.3 Å². The van der Waals surface area contributed by atoms with Crippen LogP contribution in [0, 0.1) is 0 Å². The van der Waals surface area contributed by atoms with Crippen molar-refractivity contribution in [2.75, 3.05) is 14.1 Å². The van der Waals surface area contributed by atoms with Gasteiger partial charge in [-0.1, -0.05) is 6.07 Å². The van der Waals surface area contributed by atoms with Crippen LogP contribution in [0.5, 0.6) is 0 Å². The van der Waals surface area contributed by atoms with Crippen molar-refractivity contribution in [3.8, 4) is 0 Å². The monoisotopic (exact) mass is 149 g/mol. The standard InChI is InChI=1S/C9H13N2/c1-11(2)7-5-9-4-3-6-10-8-9/h3-4,6-8H,5H2,1-2H3/q+1. The molecule has 2 heteroatoms. The predicted octanol–water partition coefficient (Wildman–Crippen LogP) is 0.967. The van der Waals surface area contributed by atoms with E-state index in [1.807, 2.05) is 30.9 Å². The summed E-state index contributed by atoms with van der Waals surface area (Å²) in [6, 6.07) is 4.03. The molecule has 1 aromatic rings. The first kappa shape index (κ1) is 7.92. The quantitative estimate of drug-likeness (QED) is 0.452. The molecule has 0 aliphatic heterocycles. The molecule has 0 saturated heterocycles. The molecule has 1 rings (SSSR count). The molecule has 0 amide bonds. The van der Waals surface area contributed by atoms with E-state index >= 15 is 0 Å². The highest BCUT2D eigenvalue weighted by Gasteiger charge is 1.90. The highest BCUT2D eigenvalue weighted by molar-refractivity contribution is 5.55. The Kier molecular flexibility index (Phi) is 2.78. The highest BCUT2D eigenvalue weighted by atomic mass is 14.9. The van der Waals surface area contributed by atoms with Crippen molar-refractivity contribution >= 4 is 6.21 Å². The molecule has 1 aromatic heterocycles. The number of hydrogen-bond donors (Lipinski definition) is 0. The Labute approximate surface area is 67.2 Å². The zero-order valence-corrected chi connectivity index (χ0v) is 6.99. The van der Waals surface area contributed by atoms with Crippen molar-refractivity contribution in [1.82, 2.24) is 4.98 Å². The van der Waals surface area contributed by atoms with Gasteiger partial charge in [-0.25, -0.2) is 4.58 Å². The summed E-state index contributed by atoms with van der Waals surface area (Å²) in [5.74, 6) is 0. The third-order valence-electron chi connectivity index (χ3n) is 1.41. The molecular formula is C9H13N2+. The Morgan fingerprint density at radius 1 is 1.55 bits per heavy atom. The molecule has 0 radical (unpaired) electrons. The first-order chi connectivity index (χ1) is 5.29. The fourth-order valence-corrected chi connectivity index (χ4v) is 0.807. The second kappa shape index (κ2) is 3.86. The lowest BCUT2D eigenvalue weighted by Gasteiger charge is -1.91. The van der Waals surface area contributed by atoms with E-state index in [9.17, 15) is 0 Å². The minimum absolute atomic E-state index is 0.959. The zero-order valence-electron chi connectivity index (χ0n) is 6.99. The second-order valence-electron chi connectivity index (χ2n) is 2.71. The number of nitrogens with zero attached hydrogens (tertiary/aromatic N) is 2. The van der Waals surface area contributed by atoms with Gasteiger partial charge in [0.25, 0.3) is 0 Å². The first-order valence-electron chi connectivity index (χ1n) is 3.67. The van der Waals surface area contributed by atoms with E-state index in [0.717, 1.165) is 6.42 Å². The van der Waals surface area contributed by atoms with Gasteiger partial charge in [0.2, 0.25) is 0 Å². The molecule has 58 valence electrons. The van der Waals surface area contributed by atoms with E-state index in [0.29, 0.717) is 0 Å². The molecule has 0 N–H and O–H groups in total. The van der Waals surface area contributed by atoms with E-state index in [4.69, 9.17) is 0 Å². The maximum Gasteiger partial charge on any atom is 0.143 e. The van der Waals surface area contributed by atoms with Gasteiger partial charge in [-0.05, 0) is 11.6 Å². The van der Waals surface area contributed by atoms with Crippen LogP contribution < -0.4 is 0 Å². The van der Waals surface area contributed by atoms with Gasteiger partial charge in [-0.15, -0.1) is 0 Å². The maximum atomic E-state index is 4.02. The molecule has 0 aliphatic carbocycles. The molecular weight excluding hydrogens is 136 g/mol. The predicted molar refractivity (Wildman–Crippen MR) is 46.1 cm³/mol. The van der Waals surface area contributed by atoms with Crippen LogP contribution in [-0.2, 0) is 6.42 Å². The normalized spacial score (nSPS) is 9.27. The van der Waals surface area contributed by atoms with Crippen molar-refractivity contribution in [2.45, 2.75) is 6.42 Å². The van der Waals surface area contributed by atoms with Crippen LogP contribution in [0.2, 0.25) is 0 Å². The smallest absolute Gasteiger partial charge is 0.143 e. The lowest BCUT2D eigenvalue weighted by atomic mass is 10.2. The summed E-state index contributed by atoms with van der Waals surface area (Å²) < 4.78 is 2.05. The van der Waals surface area contributed by atoms with Gasteiger partial charge in [0.05, 0.1) is 6.42 Å². The summed E-state index contributed by atoms with van der Waals surface area (Å²) in [6.45, 7) is 0. The van der Waals surface area contributed by atoms with Crippen molar-refractivity contribution in [3.63, 3.8) is 0 Å². The zero-order chi connectivity index (χ0) is 8.10. The van der Waals surface area contributed by atoms with Gasteiger partial charge in [-0.3, -0.25) is 4.98 Å². The molecule has 2 nitrogen and oxygen atoms in total. The Bertz CT molecular complexity index is 235. The number of hydrogen-bond acceptors (Lipinski definition) is 1. The molecule has 0 unspecified atom stereocenters. The number of rotatable bonds is 2. The Morgan fingerprint density at radius 2 is 2.36 bits per heavy atom. The molecule has 0 fully saturated rings.